The van der Waals surface area contributed by atoms with Crippen molar-refractivity contribution in [3.63, 3.8) is 0 Å². The molecule has 0 N–H and O–H groups in total. The Morgan fingerprint density at radius 2 is 1.59 bits per heavy atom. The molecule has 0 fully saturated rings. The Morgan fingerprint density at radius 1 is 0.971 bits per heavy atom. The molecular weight excluding hydrogens is 443 g/mol. The molecule has 0 heterocycles. The predicted molar refractivity (Wildman–Crippen MR) is 121 cm³/mol. The molecule has 0 spiro atoms. The average molecular weight is 466 g/mol. The third-order valence-electron chi connectivity index (χ3n) is 4.82. The van der Waals surface area contributed by atoms with Crippen LogP contribution in [0.1, 0.15) is 29.0 Å². The second-order valence-corrected chi connectivity index (χ2v) is 7.13. The number of benzene rings is 3. The Labute approximate surface area is 220 Å². The molecule has 0 aliphatic carbocycles. The number of nitrogens with zero attached hydrogens (tertiary/aromatic N) is 2. The van der Waals surface area contributed by atoms with E-state index in [1.54, 1.807) is 24.3 Å². The van der Waals surface area contributed by atoms with E-state index in [1.807, 2.05) is 60.7 Å². The summed E-state index contributed by atoms with van der Waals surface area (Å²) in [5.41, 5.74) is 3.18. The van der Waals surface area contributed by atoms with Crippen LogP contribution in [0, 0.1) is 11.3 Å². The fourth-order valence-electron chi connectivity index (χ4n) is 3.10. The first-order valence-corrected chi connectivity index (χ1v) is 10.3. The molecule has 0 amide bonds. The summed E-state index contributed by atoms with van der Waals surface area (Å²) in [6.45, 7) is 0.614. The van der Waals surface area contributed by atoms with E-state index in [0.29, 0.717) is 29.4 Å². The Bertz CT molecular complexity index is 1110. The molecule has 3 aromatic rings. The third kappa shape index (κ3) is 8.23. The molecule has 3 rings (SSSR count). The number of oxime groups is 1. The molecular formula is C26H23N2NaO5. The van der Waals surface area contributed by atoms with Crippen LogP contribution in [0.25, 0.3) is 0 Å². The summed E-state index contributed by atoms with van der Waals surface area (Å²) in [6, 6.07) is 26.0. The van der Waals surface area contributed by atoms with Gasteiger partial charge in [-0.25, -0.2) is 0 Å². The summed E-state index contributed by atoms with van der Waals surface area (Å²) in [4.78, 5) is 15.7. The van der Waals surface area contributed by atoms with Crippen LogP contribution < -0.4 is 44.1 Å². The topological polar surface area (TPSA) is 104 Å². The summed E-state index contributed by atoms with van der Waals surface area (Å²) < 4.78 is 11.6. The zero-order valence-corrected chi connectivity index (χ0v) is 21.1. The Morgan fingerprint density at radius 3 is 2.18 bits per heavy atom. The van der Waals surface area contributed by atoms with Gasteiger partial charge in [-0.05, 0) is 35.4 Å². The zero-order chi connectivity index (χ0) is 23.5. The van der Waals surface area contributed by atoms with Crippen LogP contribution in [0.5, 0.6) is 11.5 Å². The van der Waals surface area contributed by atoms with Crippen molar-refractivity contribution in [3.05, 3.63) is 95.6 Å². The largest absolute Gasteiger partial charge is 1.00 e. The van der Waals surface area contributed by atoms with Crippen molar-refractivity contribution < 1.29 is 53.8 Å². The molecule has 168 valence electrons. The number of hydrogen-bond acceptors (Lipinski definition) is 7. The molecule has 0 aliphatic heterocycles. The number of carbonyl (C=O) groups excluding carboxylic acids is 1. The van der Waals surface area contributed by atoms with Crippen LogP contribution in [-0.2, 0) is 16.2 Å². The molecule has 1 atom stereocenters. The molecule has 0 aromatic heterocycles. The minimum atomic E-state index is -1.25. The quantitative estimate of drug-likeness (QED) is 0.231. The van der Waals surface area contributed by atoms with E-state index in [2.05, 4.69) is 5.16 Å². The number of nitriles is 1. The maximum Gasteiger partial charge on any atom is 1.00 e. The first-order chi connectivity index (χ1) is 16.1. The zero-order valence-electron chi connectivity index (χ0n) is 19.1. The maximum atomic E-state index is 10.8. The van der Waals surface area contributed by atoms with Gasteiger partial charge in [0.1, 0.15) is 37.5 Å². The fourth-order valence-corrected chi connectivity index (χ4v) is 3.10. The molecule has 8 heteroatoms. The number of carbonyl (C=O) groups is 1. The molecule has 7 nitrogen and oxygen atoms in total. The predicted octanol–water partition coefficient (Wildman–Crippen LogP) is 0.446. The van der Waals surface area contributed by atoms with Gasteiger partial charge in [0, 0.05) is 18.0 Å². The van der Waals surface area contributed by atoms with Crippen molar-refractivity contribution in [3.8, 4) is 17.6 Å². The van der Waals surface area contributed by atoms with Crippen LogP contribution in [-0.4, -0.2) is 25.4 Å². The molecule has 0 saturated carbocycles. The van der Waals surface area contributed by atoms with E-state index >= 15 is 0 Å². The van der Waals surface area contributed by atoms with E-state index < -0.39 is 11.9 Å². The van der Waals surface area contributed by atoms with Gasteiger partial charge in [0.05, 0.1) is 12.0 Å². The monoisotopic (exact) mass is 466 g/mol. The number of aliphatic carboxylic acids is 1. The van der Waals surface area contributed by atoms with Crippen LogP contribution in [0.15, 0.2) is 84.0 Å². The van der Waals surface area contributed by atoms with Crippen LogP contribution in [0.3, 0.4) is 0 Å². The van der Waals surface area contributed by atoms with Crippen molar-refractivity contribution >= 4 is 11.7 Å². The van der Waals surface area contributed by atoms with E-state index in [4.69, 9.17) is 19.6 Å². The molecule has 34 heavy (non-hydrogen) atoms. The van der Waals surface area contributed by atoms with Crippen molar-refractivity contribution in [2.24, 2.45) is 5.16 Å². The Hall–Kier alpha value is -3.31. The van der Waals surface area contributed by atoms with E-state index in [-0.39, 0.29) is 42.6 Å². The SMILES string of the molecule is CO/N=C(/COc1ccc(COc2ccc(C(C#N)CC(=O)[O-])cc2)cc1)c1ccccc1.[Na+]. The number of ether oxygens (including phenoxy) is 2. The number of carboxylic acids is 1. The van der Waals surface area contributed by atoms with Gasteiger partial charge in [-0.1, -0.05) is 59.8 Å². The van der Waals surface area contributed by atoms with Gasteiger partial charge in [-0.3, -0.25) is 0 Å². The van der Waals surface area contributed by atoms with Gasteiger partial charge < -0.3 is 24.2 Å². The van der Waals surface area contributed by atoms with Crippen molar-refractivity contribution in [2.75, 3.05) is 13.7 Å². The Balaban J connectivity index is 0.00000408. The van der Waals surface area contributed by atoms with Gasteiger partial charge in [-0.2, -0.15) is 5.26 Å². The van der Waals surface area contributed by atoms with Gasteiger partial charge in [0.2, 0.25) is 0 Å². The first-order valence-electron chi connectivity index (χ1n) is 10.3. The molecule has 0 bridgehead atoms. The molecule has 1 unspecified atom stereocenters. The van der Waals surface area contributed by atoms with Gasteiger partial charge >= 0.3 is 29.6 Å². The van der Waals surface area contributed by atoms with Crippen molar-refractivity contribution in [2.45, 2.75) is 18.9 Å². The van der Waals surface area contributed by atoms with Crippen molar-refractivity contribution in [1.29, 1.82) is 5.26 Å². The van der Waals surface area contributed by atoms with E-state index in [0.717, 1.165) is 11.1 Å². The third-order valence-corrected chi connectivity index (χ3v) is 4.82. The van der Waals surface area contributed by atoms with Gasteiger partial charge in [-0.15, -0.1) is 0 Å². The number of carboxylic acid groups (broad SMARTS) is 1. The van der Waals surface area contributed by atoms with Crippen LogP contribution >= 0.6 is 0 Å². The van der Waals surface area contributed by atoms with Gasteiger partial charge in [0.15, 0.2) is 0 Å². The fraction of sp³-hybridized carbons (Fsp3) is 0.192. The maximum absolute atomic E-state index is 10.8. The summed E-state index contributed by atoms with van der Waals surface area (Å²) in [5.74, 6) is -0.685. The molecule has 0 radical (unpaired) electrons. The molecule has 0 saturated heterocycles. The van der Waals surface area contributed by atoms with E-state index in [9.17, 15) is 9.90 Å². The average Bonchev–Trinajstić information content (AvgIpc) is 2.85. The smallest absolute Gasteiger partial charge is 0.550 e. The molecule has 3 aromatic carbocycles. The summed E-state index contributed by atoms with van der Waals surface area (Å²) in [5, 5.41) is 23.9. The second-order valence-electron chi connectivity index (χ2n) is 7.13. The minimum Gasteiger partial charge on any atom is -0.550 e. The Kier molecular flexibility index (Phi) is 11.1. The summed E-state index contributed by atoms with van der Waals surface area (Å²) in [7, 11) is 1.50. The van der Waals surface area contributed by atoms with Gasteiger partial charge in [0.25, 0.3) is 0 Å². The second kappa shape index (κ2) is 14.1. The normalized spacial score (nSPS) is 11.5. The van der Waals surface area contributed by atoms with E-state index in [1.165, 1.54) is 7.11 Å². The summed E-state index contributed by atoms with van der Waals surface area (Å²) in [6.07, 6.45) is -0.338. The van der Waals surface area contributed by atoms with Crippen molar-refractivity contribution in [1.82, 2.24) is 0 Å². The molecule has 0 aliphatic rings. The van der Waals surface area contributed by atoms with Crippen LogP contribution in [0.4, 0.5) is 0 Å². The standard InChI is InChI=1S/C26H24N2O5.Na/c1-31-28-25(21-5-3-2-4-6-21)18-33-23-11-7-19(8-12-23)17-32-24-13-9-20(10-14-24)22(16-27)15-26(29)30;/h2-14,22H,15,17-18H2,1H3,(H,29,30);/q;+1/p-1/b28-25-;. The minimum absolute atomic E-state index is 0. The number of hydrogen-bond donors (Lipinski definition) is 0. The number of rotatable bonds is 11. The first kappa shape index (κ1) is 26.9. The van der Waals surface area contributed by atoms with Crippen LogP contribution in [0.2, 0.25) is 0 Å². The summed E-state index contributed by atoms with van der Waals surface area (Å²) >= 11 is 0.